The molecule has 0 atom stereocenters. The average molecular weight is 180 g/mol. The smallest absolute Gasteiger partial charge is 0.296 e. The van der Waals surface area contributed by atoms with E-state index in [1.807, 2.05) is 19.6 Å². The van der Waals surface area contributed by atoms with E-state index in [-0.39, 0.29) is 0 Å². The van der Waals surface area contributed by atoms with Crippen LogP contribution in [-0.2, 0) is 13.6 Å². The van der Waals surface area contributed by atoms with Crippen LogP contribution < -0.4 is 0 Å². The zero-order valence-corrected chi connectivity index (χ0v) is 8.48. The topological polar surface area (TPSA) is 35.5 Å². The molecule has 0 aromatic heterocycles. The lowest BCUT2D eigenvalue weighted by Crippen LogP contribution is -2.20. The number of hydrogen-bond donors (Lipinski definition) is 0. The minimum Gasteiger partial charge on any atom is -0.310 e. The second-order valence-electron chi connectivity index (χ2n) is 3.33. The molecule has 1 aliphatic heterocycles. The molecule has 60 valence electrons. The van der Waals surface area contributed by atoms with Crippen LogP contribution in [0.2, 0.25) is 19.6 Å². The van der Waals surface area contributed by atoms with Crippen LogP contribution in [0.5, 0.6) is 0 Å². The molecular formula is C5H13O3PSi. The summed E-state index contributed by atoms with van der Waals surface area (Å²) in [6, 6.07) is 0. The van der Waals surface area contributed by atoms with Crippen molar-refractivity contribution in [1.29, 1.82) is 0 Å². The molecule has 0 bridgehead atoms. The molecule has 0 N–H and O–H groups in total. The minimum absolute atomic E-state index is 0.502. The zero-order valence-electron chi connectivity index (χ0n) is 6.59. The Balaban J connectivity index is 2.78. The monoisotopic (exact) mass is 180 g/mol. The average Bonchev–Trinajstić information content (AvgIpc) is 2.13. The van der Waals surface area contributed by atoms with Crippen molar-refractivity contribution >= 4 is 14.9 Å². The largest absolute Gasteiger partial charge is 0.310 e. The van der Waals surface area contributed by atoms with Crippen LogP contribution in [0.15, 0.2) is 0 Å². The molecule has 10 heavy (non-hydrogen) atoms. The summed E-state index contributed by atoms with van der Waals surface area (Å²) in [7, 11) is -4.35. The molecule has 0 radical (unpaired) electrons. The Morgan fingerprint density at radius 2 is 1.60 bits per heavy atom. The lowest BCUT2D eigenvalue weighted by molar-refractivity contribution is 0.365. The molecule has 0 aliphatic carbocycles. The van der Waals surface area contributed by atoms with Gasteiger partial charge in [0.05, 0.1) is 13.2 Å². The highest BCUT2D eigenvalue weighted by molar-refractivity contribution is 7.92. The van der Waals surface area contributed by atoms with Gasteiger partial charge >= 0.3 is 0 Å². The lowest BCUT2D eigenvalue weighted by Gasteiger charge is -2.21. The minimum atomic E-state index is -2.61. The van der Waals surface area contributed by atoms with Gasteiger partial charge in [0.1, 0.15) is 0 Å². The van der Waals surface area contributed by atoms with Crippen molar-refractivity contribution in [3.8, 4) is 0 Å². The van der Waals surface area contributed by atoms with E-state index in [1.54, 1.807) is 0 Å². The third kappa shape index (κ3) is 1.35. The van der Waals surface area contributed by atoms with E-state index in [1.165, 1.54) is 0 Å². The summed E-state index contributed by atoms with van der Waals surface area (Å²) < 4.78 is 21.9. The predicted molar refractivity (Wildman–Crippen MR) is 42.9 cm³/mol. The summed E-state index contributed by atoms with van der Waals surface area (Å²) in [4.78, 5) is 0. The molecule has 1 saturated heterocycles. The Morgan fingerprint density at radius 3 is 1.80 bits per heavy atom. The van der Waals surface area contributed by atoms with E-state index >= 15 is 0 Å². The first-order valence-electron chi connectivity index (χ1n) is 3.35. The third-order valence-corrected chi connectivity index (χ3v) is 9.82. The Kier molecular flexibility index (Phi) is 2.07. The number of rotatable bonds is 1. The van der Waals surface area contributed by atoms with E-state index in [2.05, 4.69) is 0 Å². The highest BCUT2D eigenvalue weighted by Crippen LogP contribution is 2.59. The molecule has 1 rings (SSSR count). The molecule has 0 aromatic rings. The fourth-order valence-electron chi connectivity index (χ4n) is 0.739. The molecule has 0 unspecified atom stereocenters. The van der Waals surface area contributed by atoms with Crippen LogP contribution in [0.3, 0.4) is 0 Å². The van der Waals surface area contributed by atoms with Gasteiger partial charge in [0.15, 0.2) is 7.74 Å². The maximum absolute atomic E-state index is 11.7. The maximum atomic E-state index is 11.7. The Hall–Kier alpha value is 0.367. The molecule has 0 saturated carbocycles. The zero-order chi connectivity index (χ0) is 7.83. The Labute approximate surface area is 62.1 Å². The van der Waals surface area contributed by atoms with Gasteiger partial charge in [-0.15, -0.1) is 0 Å². The lowest BCUT2D eigenvalue weighted by atomic mass is 10.8. The van der Waals surface area contributed by atoms with Gasteiger partial charge in [-0.3, -0.25) is 4.57 Å². The van der Waals surface area contributed by atoms with Gasteiger partial charge in [0.2, 0.25) is 0 Å². The van der Waals surface area contributed by atoms with Gasteiger partial charge in [0.25, 0.3) is 7.14 Å². The van der Waals surface area contributed by atoms with Crippen molar-refractivity contribution in [3.05, 3.63) is 0 Å². The van der Waals surface area contributed by atoms with Crippen LogP contribution in [0.4, 0.5) is 0 Å². The molecule has 0 spiro atoms. The predicted octanol–water partition coefficient (Wildman–Crippen LogP) is 2.06. The van der Waals surface area contributed by atoms with Gasteiger partial charge in [-0.1, -0.05) is 19.6 Å². The quantitative estimate of drug-likeness (QED) is 0.457. The fraction of sp³-hybridized carbons (Fsp3) is 1.00. The SMILES string of the molecule is C[Si](C)(C)P1(=O)OCCO1. The van der Waals surface area contributed by atoms with E-state index < -0.39 is 14.9 Å². The van der Waals surface area contributed by atoms with E-state index in [0.29, 0.717) is 13.2 Å². The normalized spacial score (nSPS) is 25.1. The van der Waals surface area contributed by atoms with Gasteiger partial charge in [-0.05, 0) is 0 Å². The summed E-state index contributed by atoms with van der Waals surface area (Å²) in [6.07, 6.45) is 0. The van der Waals surface area contributed by atoms with Crippen molar-refractivity contribution in [1.82, 2.24) is 0 Å². The Bertz CT molecular complexity index is 164. The Morgan fingerprint density at radius 1 is 1.20 bits per heavy atom. The van der Waals surface area contributed by atoms with Gasteiger partial charge in [0, 0.05) is 0 Å². The fourth-order valence-corrected chi connectivity index (χ4v) is 5.09. The van der Waals surface area contributed by atoms with Crippen LogP contribution in [-0.4, -0.2) is 21.0 Å². The number of hydrogen-bond acceptors (Lipinski definition) is 3. The van der Waals surface area contributed by atoms with E-state index in [4.69, 9.17) is 9.05 Å². The molecule has 5 heteroatoms. The molecule has 1 fully saturated rings. The van der Waals surface area contributed by atoms with E-state index in [9.17, 15) is 4.57 Å². The molecule has 3 nitrogen and oxygen atoms in total. The van der Waals surface area contributed by atoms with Crippen LogP contribution in [0.25, 0.3) is 0 Å². The first-order valence-corrected chi connectivity index (χ1v) is 9.23. The highest BCUT2D eigenvalue weighted by atomic mass is 31.4. The standard InChI is InChI=1S/C5H13O3PSi/c1-10(2,3)9(6)7-4-5-8-9/h4-5H2,1-3H3. The first-order chi connectivity index (χ1) is 4.46. The molecule has 1 heterocycles. The van der Waals surface area contributed by atoms with Crippen molar-refractivity contribution in [3.63, 3.8) is 0 Å². The van der Waals surface area contributed by atoms with Crippen LogP contribution in [0.1, 0.15) is 0 Å². The second-order valence-corrected chi connectivity index (χ2v) is 14.9. The van der Waals surface area contributed by atoms with Crippen LogP contribution >= 0.6 is 7.14 Å². The molecular weight excluding hydrogens is 167 g/mol. The van der Waals surface area contributed by atoms with Gasteiger partial charge in [-0.2, -0.15) is 0 Å². The summed E-state index contributed by atoms with van der Waals surface area (Å²) in [5, 5.41) is 0. The summed E-state index contributed by atoms with van der Waals surface area (Å²) in [5.74, 6) is 0. The summed E-state index contributed by atoms with van der Waals surface area (Å²) >= 11 is 0. The molecule has 0 aromatic carbocycles. The highest BCUT2D eigenvalue weighted by Gasteiger charge is 2.44. The maximum Gasteiger partial charge on any atom is 0.296 e. The van der Waals surface area contributed by atoms with Crippen molar-refractivity contribution in [2.24, 2.45) is 0 Å². The van der Waals surface area contributed by atoms with Gasteiger partial charge in [-0.25, -0.2) is 0 Å². The molecule has 1 aliphatic rings. The van der Waals surface area contributed by atoms with Crippen molar-refractivity contribution in [2.45, 2.75) is 19.6 Å². The van der Waals surface area contributed by atoms with Crippen LogP contribution in [0, 0.1) is 0 Å². The summed E-state index contributed by atoms with van der Waals surface area (Å²) in [5.41, 5.74) is 0. The summed E-state index contributed by atoms with van der Waals surface area (Å²) in [6.45, 7) is 7.00. The van der Waals surface area contributed by atoms with Crippen molar-refractivity contribution < 1.29 is 13.6 Å². The van der Waals surface area contributed by atoms with E-state index in [0.717, 1.165) is 0 Å². The second kappa shape index (κ2) is 2.45. The van der Waals surface area contributed by atoms with Gasteiger partial charge < -0.3 is 9.05 Å². The van der Waals surface area contributed by atoms with Crippen molar-refractivity contribution in [2.75, 3.05) is 13.2 Å². The first kappa shape index (κ1) is 8.46. The molecule has 0 amide bonds. The third-order valence-electron chi connectivity index (χ3n) is 1.43.